The lowest BCUT2D eigenvalue weighted by Gasteiger charge is -2.43. The smallest absolute Gasteiger partial charge is 0.151 e. The van der Waals surface area contributed by atoms with Crippen LogP contribution in [-0.2, 0) is 6.42 Å². The average Bonchev–Trinajstić information content (AvgIpc) is 3.40. The zero-order valence-electron chi connectivity index (χ0n) is 22.2. The summed E-state index contributed by atoms with van der Waals surface area (Å²) in [5, 5.41) is 23.0. The molecular formula is C30H36N6O. The first kappa shape index (κ1) is 25.2. The second-order valence-corrected chi connectivity index (χ2v) is 10.6. The van der Waals surface area contributed by atoms with Crippen molar-refractivity contribution in [1.82, 2.24) is 9.97 Å². The first-order chi connectivity index (χ1) is 17.9. The van der Waals surface area contributed by atoms with Crippen molar-refractivity contribution in [2.75, 3.05) is 11.4 Å². The topological polar surface area (TPSA) is 86.3 Å². The van der Waals surface area contributed by atoms with Gasteiger partial charge in [-0.2, -0.15) is 5.11 Å². The molecule has 5 rings (SSSR count). The molecule has 7 heteroatoms. The molecule has 0 amide bonds. The van der Waals surface area contributed by atoms with Crippen LogP contribution in [0, 0.1) is 13.8 Å². The summed E-state index contributed by atoms with van der Waals surface area (Å²) in [5.41, 5.74) is 8.18. The molecule has 2 aliphatic heterocycles. The molecule has 0 radical (unpaired) electrons. The maximum absolute atomic E-state index is 11.3. The maximum Gasteiger partial charge on any atom is 0.151 e. The van der Waals surface area contributed by atoms with Crippen LogP contribution in [0.15, 0.2) is 64.0 Å². The Balaban J connectivity index is 1.50. The van der Waals surface area contributed by atoms with Crippen molar-refractivity contribution in [3.63, 3.8) is 0 Å². The highest BCUT2D eigenvalue weighted by Gasteiger charge is 2.37. The first-order valence-electron chi connectivity index (χ1n) is 13.3. The fourth-order valence-corrected chi connectivity index (χ4v) is 5.32. The number of fused-ring (bicyclic) bond motifs is 1. The fourth-order valence-electron chi connectivity index (χ4n) is 5.32. The van der Waals surface area contributed by atoms with Gasteiger partial charge in [0.25, 0.3) is 0 Å². The molecule has 0 fully saturated rings. The van der Waals surface area contributed by atoms with Crippen molar-refractivity contribution < 1.29 is 5.11 Å². The van der Waals surface area contributed by atoms with Crippen LogP contribution in [0.1, 0.15) is 56.4 Å². The van der Waals surface area contributed by atoms with E-state index in [2.05, 4.69) is 96.6 Å². The van der Waals surface area contributed by atoms with E-state index in [1.165, 1.54) is 11.1 Å². The molecule has 0 spiro atoms. The van der Waals surface area contributed by atoms with E-state index < -0.39 is 6.10 Å². The zero-order chi connectivity index (χ0) is 25.9. The molecule has 2 aliphatic rings. The standard InChI is InChI=1S/C30H36N6O/c1-19(2)36-26(8-6-5-7-24-18-31-35-34-24)27(37)17-25-30(36)33-29(23-15-11-21(4)12-16-23)28(32-25)22-13-9-20(3)10-14-22/h9-16,19,26-27,37H,5-8,17-18H2,1-4H3. The van der Waals surface area contributed by atoms with Crippen LogP contribution in [0.4, 0.5) is 5.82 Å². The normalized spacial score (nSPS) is 18.9. The molecule has 1 N–H and O–H groups in total. The average molecular weight is 497 g/mol. The van der Waals surface area contributed by atoms with Gasteiger partial charge in [-0.1, -0.05) is 66.1 Å². The largest absolute Gasteiger partial charge is 0.391 e. The minimum Gasteiger partial charge on any atom is -0.391 e. The molecule has 3 aromatic rings. The Bertz CT molecular complexity index is 1300. The van der Waals surface area contributed by atoms with E-state index in [4.69, 9.17) is 9.97 Å². The van der Waals surface area contributed by atoms with Gasteiger partial charge < -0.3 is 10.0 Å². The summed E-state index contributed by atoms with van der Waals surface area (Å²) in [5.74, 6) is 0.898. The van der Waals surface area contributed by atoms with Crippen molar-refractivity contribution in [3.05, 3.63) is 65.4 Å². The number of anilines is 1. The molecule has 3 heterocycles. The van der Waals surface area contributed by atoms with Crippen LogP contribution >= 0.6 is 0 Å². The van der Waals surface area contributed by atoms with Gasteiger partial charge in [0, 0.05) is 23.6 Å². The minimum atomic E-state index is -0.492. The quantitative estimate of drug-likeness (QED) is 0.370. The number of aryl methyl sites for hydroxylation is 2. The highest BCUT2D eigenvalue weighted by Crippen LogP contribution is 2.38. The molecule has 2 atom stereocenters. The summed E-state index contributed by atoms with van der Waals surface area (Å²) >= 11 is 0. The molecule has 7 nitrogen and oxygen atoms in total. The third-order valence-corrected chi connectivity index (χ3v) is 7.32. The van der Waals surface area contributed by atoms with E-state index in [0.29, 0.717) is 13.0 Å². The first-order valence-corrected chi connectivity index (χ1v) is 13.3. The summed E-state index contributed by atoms with van der Waals surface area (Å²) in [7, 11) is 0. The molecule has 192 valence electrons. The Hall–Kier alpha value is -3.45. The van der Waals surface area contributed by atoms with E-state index in [1.807, 2.05) is 0 Å². The highest BCUT2D eigenvalue weighted by molar-refractivity contribution is 5.87. The third-order valence-electron chi connectivity index (χ3n) is 7.32. The van der Waals surface area contributed by atoms with Gasteiger partial charge in [0.2, 0.25) is 0 Å². The molecule has 0 saturated heterocycles. The predicted molar refractivity (Wildman–Crippen MR) is 149 cm³/mol. The van der Waals surface area contributed by atoms with Gasteiger partial charge in [0.05, 0.1) is 34.9 Å². The van der Waals surface area contributed by atoms with Crippen LogP contribution in [0.3, 0.4) is 0 Å². The summed E-state index contributed by atoms with van der Waals surface area (Å²) in [6, 6.07) is 17.1. The number of aliphatic hydroxyl groups is 1. The number of hydrogen-bond donors (Lipinski definition) is 1. The SMILES string of the molecule is Cc1ccc(-c2nc3c(nc2-c2ccc(C)cc2)N(C(C)C)C(CCCCC2=NN=NC2)C(O)C3)cc1. The number of unbranched alkanes of at least 4 members (excludes halogenated alkanes) is 1. The predicted octanol–water partition coefficient (Wildman–Crippen LogP) is 6.31. The van der Waals surface area contributed by atoms with Crippen LogP contribution in [0.5, 0.6) is 0 Å². The molecule has 0 aliphatic carbocycles. The Morgan fingerprint density at radius 2 is 1.51 bits per heavy atom. The van der Waals surface area contributed by atoms with E-state index in [0.717, 1.165) is 65.4 Å². The lowest BCUT2D eigenvalue weighted by molar-refractivity contribution is 0.123. The summed E-state index contributed by atoms with van der Waals surface area (Å²) in [4.78, 5) is 12.8. The van der Waals surface area contributed by atoms with Gasteiger partial charge in [-0.05, 0) is 52.2 Å². The van der Waals surface area contributed by atoms with Crippen LogP contribution < -0.4 is 4.90 Å². The Morgan fingerprint density at radius 3 is 2.08 bits per heavy atom. The number of rotatable bonds is 8. The Labute approximate surface area is 219 Å². The number of hydrogen-bond acceptors (Lipinski definition) is 7. The maximum atomic E-state index is 11.3. The third kappa shape index (κ3) is 5.47. The molecule has 0 bridgehead atoms. The van der Waals surface area contributed by atoms with Crippen molar-refractivity contribution in [3.8, 4) is 22.5 Å². The zero-order valence-corrected chi connectivity index (χ0v) is 22.2. The minimum absolute atomic E-state index is 0.00205. The van der Waals surface area contributed by atoms with Gasteiger partial charge in [0.15, 0.2) is 5.82 Å². The number of benzene rings is 2. The molecule has 2 unspecified atom stereocenters. The fraction of sp³-hybridized carbons (Fsp3) is 0.433. The van der Waals surface area contributed by atoms with Crippen molar-refractivity contribution in [1.29, 1.82) is 0 Å². The number of aromatic nitrogens is 2. The van der Waals surface area contributed by atoms with Gasteiger partial charge >= 0.3 is 0 Å². The molecule has 0 saturated carbocycles. The molecule has 2 aromatic carbocycles. The summed E-state index contributed by atoms with van der Waals surface area (Å²) in [6.45, 7) is 9.15. The summed E-state index contributed by atoms with van der Waals surface area (Å²) < 4.78 is 0. The van der Waals surface area contributed by atoms with Crippen molar-refractivity contribution >= 4 is 11.5 Å². The van der Waals surface area contributed by atoms with Crippen molar-refractivity contribution in [2.45, 2.75) is 78.0 Å². The van der Waals surface area contributed by atoms with E-state index in [1.54, 1.807) is 0 Å². The van der Waals surface area contributed by atoms with Gasteiger partial charge in [0.1, 0.15) is 6.54 Å². The Morgan fingerprint density at radius 1 is 0.892 bits per heavy atom. The Kier molecular flexibility index (Phi) is 7.42. The van der Waals surface area contributed by atoms with Crippen LogP contribution in [-0.4, -0.2) is 45.5 Å². The van der Waals surface area contributed by atoms with Gasteiger partial charge in [-0.3, -0.25) is 0 Å². The van der Waals surface area contributed by atoms with E-state index in [9.17, 15) is 5.11 Å². The molecule has 1 aromatic heterocycles. The number of nitrogens with zero attached hydrogens (tertiary/aromatic N) is 6. The van der Waals surface area contributed by atoms with Crippen LogP contribution in [0.2, 0.25) is 0 Å². The highest BCUT2D eigenvalue weighted by atomic mass is 16.3. The monoisotopic (exact) mass is 496 g/mol. The second-order valence-electron chi connectivity index (χ2n) is 10.6. The molecular weight excluding hydrogens is 460 g/mol. The van der Waals surface area contributed by atoms with Gasteiger partial charge in [-0.25, -0.2) is 9.97 Å². The van der Waals surface area contributed by atoms with E-state index >= 15 is 0 Å². The lowest BCUT2D eigenvalue weighted by atomic mass is 9.91. The summed E-state index contributed by atoms with van der Waals surface area (Å²) in [6.07, 6.45) is 3.83. The second kappa shape index (κ2) is 10.9. The lowest BCUT2D eigenvalue weighted by Crippen LogP contribution is -2.52. The molecule has 37 heavy (non-hydrogen) atoms. The van der Waals surface area contributed by atoms with E-state index in [-0.39, 0.29) is 12.1 Å². The van der Waals surface area contributed by atoms with Crippen molar-refractivity contribution in [2.24, 2.45) is 15.4 Å². The van der Waals surface area contributed by atoms with Crippen LogP contribution in [0.25, 0.3) is 22.5 Å². The van der Waals surface area contributed by atoms with Gasteiger partial charge in [-0.15, -0.1) is 5.10 Å². The number of aliphatic hydroxyl groups excluding tert-OH is 1.